The lowest BCUT2D eigenvalue weighted by atomic mass is 10.3. The quantitative estimate of drug-likeness (QED) is 0.341. The maximum Gasteiger partial charge on any atom is 0.270 e. The Labute approximate surface area is 91.9 Å². The first-order valence-corrected chi connectivity index (χ1v) is 7.06. The molecular weight excluding hydrogens is 229 g/mol. The number of benzene rings is 1. The molecule has 0 aliphatic carbocycles. The van der Waals surface area contributed by atoms with Gasteiger partial charge in [-0.2, -0.15) is 0 Å². The van der Waals surface area contributed by atoms with Crippen molar-refractivity contribution >= 4 is 18.1 Å². The summed E-state index contributed by atoms with van der Waals surface area (Å²) in [6.45, 7) is 0. The van der Waals surface area contributed by atoms with Crippen molar-refractivity contribution in [3.05, 3.63) is 34.4 Å². The van der Waals surface area contributed by atoms with Gasteiger partial charge in [-0.15, -0.1) is 0 Å². The topological polar surface area (TPSA) is 72.7 Å². The van der Waals surface area contributed by atoms with E-state index >= 15 is 0 Å². The third-order valence-electron chi connectivity index (χ3n) is 3.19. The zero-order valence-corrected chi connectivity index (χ0v) is 9.30. The van der Waals surface area contributed by atoms with Crippen molar-refractivity contribution in [2.45, 2.75) is 18.4 Å². The molecule has 84 valence electrons. The SMILES string of the molecule is O=[N+]([O-])c1cccc(P2(=O)CC[C@H]3O[C@H]32)c1. The Hall–Kier alpha value is -1.19. The molecule has 0 saturated carbocycles. The first-order valence-electron chi connectivity index (χ1n) is 5.10. The van der Waals surface area contributed by atoms with E-state index in [-0.39, 0.29) is 17.6 Å². The summed E-state index contributed by atoms with van der Waals surface area (Å²) >= 11 is 0. The van der Waals surface area contributed by atoms with Gasteiger partial charge < -0.3 is 9.30 Å². The van der Waals surface area contributed by atoms with Crippen molar-refractivity contribution in [1.82, 2.24) is 0 Å². The highest BCUT2D eigenvalue weighted by atomic mass is 31.2. The van der Waals surface area contributed by atoms with Crippen LogP contribution in [0.5, 0.6) is 0 Å². The largest absolute Gasteiger partial charge is 0.361 e. The molecule has 2 saturated heterocycles. The Morgan fingerprint density at radius 1 is 1.50 bits per heavy atom. The predicted molar refractivity (Wildman–Crippen MR) is 58.5 cm³/mol. The molecule has 3 atom stereocenters. The van der Waals surface area contributed by atoms with Gasteiger partial charge in [0, 0.05) is 23.6 Å². The number of nitrogens with zero attached hydrogens (tertiary/aromatic N) is 1. The van der Waals surface area contributed by atoms with Crippen LogP contribution in [-0.4, -0.2) is 23.0 Å². The number of nitro groups is 1. The Morgan fingerprint density at radius 3 is 2.88 bits per heavy atom. The van der Waals surface area contributed by atoms with E-state index in [1.807, 2.05) is 0 Å². The molecule has 16 heavy (non-hydrogen) atoms. The average Bonchev–Trinajstić information content (AvgIpc) is 3.00. The molecule has 0 aromatic heterocycles. The molecule has 0 spiro atoms. The van der Waals surface area contributed by atoms with Gasteiger partial charge in [-0.25, -0.2) is 0 Å². The highest BCUT2D eigenvalue weighted by Gasteiger charge is 2.58. The lowest BCUT2D eigenvalue weighted by Crippen LogP contribution is -2.09. The van der Waals surface area contributed by atoms with Gasteiger partial charge in [0.1, 0.15) is 13.0 Å². The van der Waals surface area contributed by atoms with Crippen LogP contribution in [0.1, 0.15) is 6.42 Å². The zero-order chi connectivity index (χ0) is 11.3. The Kier molecular flexibility index (Phi) is 1.97. The summed E-state index contributed by atoms with van der Waals surface area (Å²) in [5, 5.41) is 11.2. The van der Waals surface area contributed by atoms with E-state index in [0.717, 1.165) is 6.42 Å². The average molecular weight is 239 g/mol. The lowest BCUT2D eigenvalue weighted by Gasteiger charge is -2.11. The number of ether oxygens (including phenoxy) is 1. The molecule has 0 N–H and O–H groups in total. The van der Waals surface area contributed by atoms with Gasteiger partial charge in [0.2, 0.25) is 0 Å². The summed E-state index contributed by atoms with van der Waals surface area (Å²) < 4.78 is 17.9. The summed E-state index contributed by atoms with van der Waals surface area (Å²) in [7, 11) is -2.53. The molecule has 1 aromatic carbocycles. The number of non-ortho nitro benzene ring substituents is 1. The standard InChI is InChI=1S/C10H10NO4P/c12-11(13)7-2-1-3-8(6-7)16(14)5-4-9-10(16)15-9/h1-3,6,9-10H,4-5H2/t9-,10+,16?/m1/s1. The number of hydrogen-bond acceptors (Lipinski definition) is 4. The van der Waals surface area contributed by atoms with Crippen LogP contribution in [0.25, 0.3) is 0 Å². The highest BCUT2D eigenvalue weighted by Crippen LogP contribution is 2.65. The molecule has 5 nitrogen and oxygen atoms in total. The summed E-state index contributed by atoms with van der Waals surface area (Å²) in [6.07, 6.45) is 1.55. The van der Waals surface area contributed by atoms with Crippen LogP contribution in [0.4, 0.5) is 5.69 Å². The number of hydrogen-bond donors (Lipinski definition) is 0. The minimum Gasteiger partial charge on any atom is -0.361 e. The maximum absolute atomic E-state index is 12.6. The van der Waals surface area contributed by atoms with Crippen molar-refractivity contribution < 1.29 is 14.2 Å². The Bertz CT molecular complexity index is 515. The number of nitro benzene ring substituents is 1. The van der Waals surface area contributed by atoms with Crippen molar-refractivity contribution in [2.75, 3.05) is 6.16 Å². The van der Waals surface area contributed by atoms with Crippen molar-refractivity contribution in [2.24, 2.45) is 0 Å². The van der Waals surface area contributed by atoms with E-state index in [4.69, 9.17) is 4.74 Å². The minimum absolute atomic E-state index is 0.00294. The monoisotopic (exact) mass is 239 g/mol. The van der Waals surface area contributed by atoms with Crippen molar-refractivity contribution in [3.8, 4) is 0 Å². The maximum atomic E-state index is 12.6. The van der Waals surface area contributed by atoms with Crippen LogP contribution in [-0.2, 0) is 9.30 Å². The fraction of sp³-hybridized carbons (Fsp3) is 0.400. The molecule has 3 rings (SSSR count). The molecule has 6 heteroatoms. The van der Waals surface area contributed by atoms with Gasteiger partial charge >= 0.3 is 0 Å². The smallest absolute Gasteiger partial charge is 0.270 e. The van der Waals surface area contributed by atoms with Crippen LogP contribution in [0.3, 0.4) is 0 Å². The molecule has 2 heterocycles. The van der Waals surface area contributed by atoms with Gasteiger partial charge in [0.05, 0.1) is 11.0 Å². The van der Waals surface area contributed by atoms with Crippen molar-refractivity contribution in [1.29, 1.82) is 0 Å². The van der Waals surface area contributed by atoms with E-state index in [2.05, 4.69) is 0 Å². The van der Waals surface area contributed by atoms with Gasteiger partial charge in [-0.05, 0) is 6.42 Å². The van der Waals surface area contributed by atoms with E-state index in [1.54, 1.807) is 12.1 Å². The third-order valence-corrected chi connectivity index (χ3v) is 6.54. The fourth-order valence-corrected chi connectivity index (χ4v) is 5.45. The van der Waals surface area contributed by atoms with E-state index in [0.29, 0.717) is 11.5 Å². The fourth-order valence-electron chi connectivity index (χ4n) is 2.28. The molecule has 2 aliphatic heterocycles. The predicted octanol–water partition coefficient (Wildman–Crippen LogP) is 1.71. The minimum atomic E-state index is -2.53. The molecule has 1 unspecified atom stereocenters. The second kappa shape index (κ2) is 3.15. The normalized spacial score (nSPS) is 35.8. The first kappa shape index (κ1) is 10.00. The van der Waals surface area contributed by atoms with Gasteiger partial charge in [-0.1, -0.05) is 12.1 Å². The Morgan fingerprint density at radius 2 is 2.31 bits per heavy atom. The molecule has 2 fully saturated rings. The molecule has 2 aliphatic rings. The number of rotatable bonds is 2. The van der Waals surface area contributed by atoms with Gasteiger partial charge in [-0.3, -0.25) is 10.1 Å². The van der Waals surface area contributed by atoms with Gasteiger partial charge in [0.25, 0.3) is 5.69 Å². The Balaban J connectivity index is 2.03. The second-order valence-corrected chi connectivity index (χ2v) is 7.21. The molecule has 0 bridgehead atoms. The summed E-state index contributed by atoms with van der Waals surface area (Å²) in [6, 6.07) is 6.13. The van der Waals surface area contributed by atoms with E-state index < -0.39 is 12.1 Å². The summed E-state index contributed by atoms with van der Waals surface area (Å²) in [5.74, 6) is -0.172. The van der Waals surface area contributed by atoms with Crippen LogP contribution in [0, 0.1) is 10.1 Å². The van der Waals surface area contributed by atoms with Crippen molar-refractivity contribution in [3.63, 3.8) is 0 Å². The highest BCUT2D eigenvalue weighted by molar-refractivity contribution is 7.72. The first-order chi connectivity index (χ1) is 7.61. The van der Waals surface area contributed by atoms with Crippen LogP contribution in [0.2, 0.25) is 0 Å². The molecule has 0 amide bonds. The van der Waals surface area contributed by atoms with Crippen LogP contribution >= 0.6 is 7.14 Å². The third kappa shape index (κ3) is 1.32. The molecular formula is C10H10NO4P. The molecule has 0 radical (unpaired) electrons. The van der Waals surface area contributed by atoms with Crippen LogP contribution < -0.4 is 5.30 Å². The van der Waals surface area contributed by atoms with Gasteiger partial charge in [0.15, 0.2) is 0 Å². The summed E-state index contributed by atoms with van der Waals surface area (Å²) in [4.78, 5) is 10.2. The number of fused-ring (bicyclic) bond motifs is 1. The number of epoxide rings is 1. The lowest BCUT2D eigenvalue weighted by molar-refractivity contribution is -0.384. The summed E-state index contributed by atoms with van der Waals surface area (Å²) in [5.41, 5.74) is -0.00294. The van der Waals surface area contributed by atoms with E-state index in [1.165, 1.54) is 12.1 Å². The molecule has 1 aromatic rings. The van der Waals surface area contributed by atoms with Crippen LogP contribution in [0.15, 0.2) is 24.3 Å². The second-order valence-electron chi connectivity index (χ2n) is 4.15. The zero-order valence-electron chi connectivity index (χ0n) is 8.41. The van der Waals surface area contributed by atoms with E-state index in [9.17, 15) is 14.7 Å².